The normalized spacial score (nSPS) is 14.5. The third-order valence-electron chi connectivity index (χ3n) is 4.64. The first-order chi connectivity index (χ1) is 12.1. The average molecular weight is 373 g/mol. The van der Waals surface area contributed by atoms with Crippen LogP contribution in [-0.2, 0) is 15.6 Å². The minimum absolute atomic E-state index is 0.193. The molecule has 1 atom stereocenters. The molecule has 1 heterocycles. The molecule has 0 aliphatic rings. The molecule has 138 valence electrons. The highest BCUT2D eigenvalue weighted by molar-refractivity contribution is 7.89. The molecule has 0 radical (unpaired) electrons. The Labute approximate surface area is 153 Å². The first-order valence-electron chi connectivity index (χ1n) is 8.39. The van der Waals surface area contributed by atoms with Gasteiger partial charge in [0.1, 0.15) is 16.9 Å². The summed E-state index contributed by atoms with van der Waals surface area (Å²) in [5, 5.41) is 11.6. The lowest BCUT2D eigenvalue weighted by Gasteiger charge is -2.21. The second-order valence-electron chi connectivity index (χ2n) is 6.95. The highest BCUT2D eigenvalue weighted by Crippen LogP contribution is 2.28. The van der Waals surface area contributed by atoms with E-state index in [1.165, 1.54) is 6.92 Å². The Morgan fingerprint density at radius 3 is 2.38 bits per heavy atom. The number of aliphatic hydroxyl groups is 1. The molecular formula is C20H23NO4S. The van der Waals surface area contributed by atoms with Gasteiger partial charge in [0.25, 0.3) is 0 Å². The molecule has 3 rings (SSSR count). The zero-order valence-corrected chi connectivity index (χ0v) is 16.1. The number of fused-ring (bicyclic) bond motifs is 1. The molecule has 5 nitrogen and oxygen atoms in total. The van der Waals surface area contributed by atoms with Crippen LogP contribution >= 0.6 is 0 Å². The fraction of sp³-hybridized carbons (Fsp3) is 0.300. The molecule has 2 N–H and O–H groups in total. The van der Waals surface area contributed by atoms with Gasteiger partial charge in [0.2, 0.25) is 10.0 Å². The van der Waals surface area contributed by atoms with Crippen molar-refractivity contribution in [3.8, 4) is 0 Å². The van der Waals surface area contributed by atoms with Crippen LogP contribution in [0, 0.1) is 20.8 Å². The van der Waals surface area contributed by atoms with Crippen molar-refractivity contribution in [2.45, 2.75) is 38.2 Å². The summed E-state index contributed by atoms with van der Waals surface area (Å²) in [4.78, 5) is 0.223. The molecule has 0 aliphatic carbocycles. The number of hydrogen-bond donors (Lipinski definition) is 2. The van der Waals surface area contributed by atoms with Crippen molar-refractivity contribution in [1.82, 2.24) is 4.72 Å². The molecular weight excluding hydrogens is 350 g/mol. The molecule has 1 unspecified atom stereocenters. The Morgan fingerprint density at radius 1 is 1.04 bits per heavy atom. The van der Waals surface area contributed by atoms with Gasteiger partial charge in [-0.2, -0.15) is 0 Å². The largest absolute Gasteiger partial charge is 0.458 e. The van der Waals surface area contributed by atoms with Crippen LogP contribution in [-0.4, -0.2) is 20.1 Å². The smallest absolute Gasteiger partial charge is 0.240 e. The third-order valence-corrected chi connectivity index (χ3v) is 6.19. The molecule has 6 heteroatoms. The van der Waals surface area contributed by atoms with Crippen LogP contribution < -0.4 is 4.72 Å². The van der Waals surface area contributed by atoms with Gasteiger partial charge in [-0.05, 0) is 62.6 Å². The molecule has 0 saturated heterocycles. The number of benzene rings is 2. The molecule has 0 spiro atoms. The predicted octanol–water partition coefficient (Wildman–Crippen LogP) is 3.54. The van der Waals surface area contributed by atoms with E-state index in [9.17, 15) is 13.5 Å². The zero-order valence-electron chi connectivity index (χ0n) is 15.3. The van der Waals surface area contributed by atoms with E-state index in [0.29, 0.717) is 16.9 Å². The van der Waals surface area contributed by atoms with E-state index >= 15 is 0 Å². The minimum Gasteiger partial charge on any atom is -0.458 e. The molecule has 26 heavy (non-hydrogen) atoms. The first kappa shape index (κ1) is 18.6. The fourth-order valence-corrected chi connectivity index (χ4v) is 4.31. The van der Waals surface area contributed by atoms with Crippen LogP contribution in [0.4, 0.5) is 0 Å². The van der Waals surface area contributed by atoms with Crippen LogP contribution in [0.25, 0.3) is 11.0 Å². The topological polar surface area (TPSA) is 79.5 Å². The van der Waals surface area contributed by atoms with Gasteiger partial charge in [-0.3, -0.25) is 0 Å². The van der Waals surface area contributed by atoms with Gasteiger partial charge in [0.05, 0.1) is 4.90 Å². The summed E-state index contributed by atoms with van der Waals surface area (Å²) in [7, 11) is -3.75. The van der Waals surface area contributed by atoms with Crippen molar-refractivity contribution in [1.29, 1.82) is 0 Å². The van der Waals surface area contributed by atoms with E-state index in [1.807, 2.05) is 38.1 Å². The van der Waals surface area contributed by atoms with Crippen molar-refractivity contribution >= 4 is 21.0 Å². The van der Waals surface area contributed by atoms with Gasteiger partial charge < -0.3 is 9.52 Å². The van der Waals surface area contributed by atoms with Crippen LogP contribution in [0.1, 0.15) is 29.4 Å². The Balaban J connectivity index is 1.85. The van der Waals surface area contributed by atoms with Gasteiger partial charge in [0, 0.05) is 11.9 Å². The lowest BCUT2D eigenvalue weighted by molar-refractivity contribution is 0.0412. The molecule has 1 aromatic heterocycles. The predicted molar refractivity (Wildman–Crippen MR) is 102 cm³/mol. The van der Waals surface area contributed by atoms with Crippen LogP contribution in [0.5, 0.6) is 0 Å². The fourth-order valence-electron chi connectivity index (χ4n) is 2.87. The van der Waals surface area contributed by atoms with Crippen molar-refractivity contribution < 1.29 is 17.9 Å². The Bertz CT molecular complexity index is 1030. The van der Waals surface area contributed by atoms with Crippen molar-refractivity contribution in [2.24, 2.45) is 0 Å². The number of sulfonamides is 1. The molecule has 0 bridgehead atoms. The number of nitrogens with one attached hydrogen (secondary N) is 1. The Morgan fingerprint density at radius 2 is 1.69 bits per heavy atom. The van der Waals surface area contributed by atoms with E-state index in [1.54, 1.807) is 25.1 Å². The molecule has 0 fully saturated rings. The highest BCUT2D eigenvalue weighted by Gasteiger charge is 2.30. The lowest BCUT2D eigenvalue weighted by atomic mass is 10.0. The molecule has 3 aromatic rings. The quantitative estimate of drug-likeness (QED) is 0.717. The summed E-state index contributed by atoms with van der Waals surface area (Å²) in [6, 6.07) is 12.6. The first-order valence-corrected chi connectivity index (χ1v) is 9.87. The number of furan rings is 1. The Hall–Kier alpha value is -2.15. The van der Waals surface area contributed by atoms with Crippen LogP contribution in [0.2, 0.25) is 0 Å². The minimum atomic E-state index is -3.75. The summed E-state index contributed by atoms with van der Waals surface area (Å²) in [6.45, 7) is 6.91. The molecule has 0 saturated carbocycles. The monoisotopic (exact) mass is 373 g/mol. The standard InChI is InChI=1S/C20H23NO4S/c1-13-9-15(3)18(10-14(13)2)26(23,24)21-12-20(4,22)19-11-16-7-5-6-8-17(16)25-19/h5-11,21-22H,12H2,1-4H3. The van der Waals surface area contributed by atoms with Gasteiger partial charge in [0.15, 0.2) is 0 Å². The molecule has 2 aromatic carbocycles. The van der Waals surface area contributed by atoms with Gasteiger partial charge in [-0.1, -0.05) is 24.3 Å². The zero-order chi connectivity index (χ0) is 19.1. The number of para-hydroxylation sites is 1. The second-order valence-corrected chi connectivity index (χ2v) is 8.68. The van der Waals surface area contributed by atoms with E-state index in [2.05, 4.69) is 4.72 Å². The van der Waals surface area contributed by atoms with Crippen LogP contribution in [0.15, 0.2) is 51.8 Å². The van der Waals surface area contributed by atoms with Crippen molar-refractivity contribution in [2.75, 3.05) is 6.54 Å². The maximum atomic E-state index is 12.7. The second kappa shape index (κ2) is 6.54. The number of rotatable bonds is 5. The van der Waals surface area contributed by atoms with Crippen molar-refractivity contribution in [3.63, 3.8) is 0 Å². The average Bonchev–Trinajstić information content (AvgIpc) is 3.01. The SMILES string of the molecule is Cc1cc(C)c(S(=O)(=O)NCC(C)(O)c2cc3ccccc3o2)cc1C. The molecule has 0 aliphatic heterocycles. The maximum Gasteiger partial charge on any atom is 0.240 e. The Kier molecular flexibility index (Phi) is 4.69. The van der Waals surface area contributed by atoms with Gasteiger partial charge >= 0.3 is 0 Å². The number of aryl methyl sites for hydroxylation is 3. The third kappa shape index (κ3) is 3.53. The number of hydrogen-bond acceptors (Lipinski definition) is 4. The van der Waals surface area contributed by atoms with E-state index in [-0.39, 0.29) is 11.4 Å². The van der Waals surface area contributed by atoms with E-state index < -0.39 is 15.6 Å². The van der Waals surface area contributed by atoms with E-state index in [0.717, 1.165) is 16.5 Å². The summed E-state index contributed by atoms with van der Waals surface area (Å²) in [5.74, 6) is 0.318. The summed E-state index contributed by atoms with van der Waals surface area (Å²) in [6.07, 6.45) is 0. The lowest BCUT2D eigenvalue weighted by Crippen LogP contribution is -2.38. The summed E-state index contributed by atoms with van der Waals surface area (Å²) in [5.41, 5.74) is 1.79. The van der Waals surface area contributed by atoms with Crippen LogP contribution in [0.3, 0.4) is 0 Å². The highest BCUT2D eigenvalue weighted by atomic mass is 32.2. The van der Waals surface area contributed by atoms with Crippen molar-refractivity contribution in [3.05, 3.63) is 64.9 Å². The summed E-state index contributed by atoms with van der Waals surface area (Å²) < 4.78 is 33.6. The maximum absolute atomic E-state index is 12.7. The van der Waals surface area contributed by atoms with Gasteiger partial charge in [-0.15, -0.1) is 0 Å². The summed E-state index contributed by atoms with van der Waals surface area (Å²) >= 11 is 0. The molecule has 0 amide bonds. The van der Waals surface area contributed by atoms with E-state index in [4.69, 9.17) is 4.42 Å². The van der Waals surface area contributed by atoms with Gasteiger partial charge in [-0.25, -0.2) is 13.1 Å².